The molecular weight excluding hydrogens is 160 g/mol. The van der Waals surface area contributed by atoms with E-state index in [1.165, 1.54) is 11.2 Å². The summed E-state index contributed by atoms with van der Waals surface area (Å²) in [4.78, 5) is 16.5. The Labute approximate surface area is 69.0 Å². The fourth-order valence-electron chi connectivity index (χ4n) is 1.24. The number of amides is 1. The molecule has 0 radical (unpaired) electrons. The lowest BCUT2D eigenvalue weighted by atomic mass is 10.1. The van der Waals surface area contributed by atoms with Gasteiger partial charge in [-0.15, -0.1) is 11.8 Å². The van der Waals surface area contributed by atoms with E-state index in [1.54, 1.807) is 11.8 Å². The van der Waals surface area contributed by atoms with Crippen molar-refractivity contribution in [1.29, 1.82) is 0 Å². The molecule has 1 N–H and O–H groups in total. The molecule has 1 amide bonds. The van der Waals surface area contributed by atoms with Crippen LogP contribution in [0.3, 0.4) is 0 Å². The highest BCUT2D eigenvalue weighted by molar-refractivity contribution is 8.03. The molecule has 2 aliphatic rings. The second-order valence-corrected chi connectivity index (χ2v) is 3.96. The predicted octanol–water partition coefficient (Wildman–Crippen LogP) is 0.737. The van der Waals surface area contributed by atoms with Gasteiger partial charge >= 0.3 is 0 Å². The van der Waals surface area contributed by atoms with E-state index in [4.69, 9.17) is 0 Å². The minimum atomic E-state index is -0.0370. The van der Waals surface area contributed by atoms with Crippen LogP contribution in [0.5, 0.6) is 0 Å². The number of allylic oxidation sites excluding steroid dienone is 1. The van der Waals surface area contributed by atoms with Crippen molar-refractivity contribution in [2.24, 2.45) is 10.9 Å². The summed E-state index contributed by atoms with van der Waals surface area (Å²) in [6.07, 6.45) is 3.46. The van der Waals surface area contributed by atoms with Crippen molar-refractivity contribution in [2.75, 3.05) is 0 Å². The van der Waals surface area contributed by atoms with Gasteiger partial charge in [-0.2, -0.15) is 0 Å². The summed E-state index contributed by atoms with van der Waals surface area (Å²) in [6.45, 7) is 2.01. The molecule has 0 fully saturated rings. The number of nitrogens with one attached hydrogen (secondary N) is 1. The molecule has 2 heterocycles. The van der Waals surface area contributed by atoms with Crippen molar-refractivity contribution >= 4 is 24.0 Å². The summed E-state index contributed by atoms with van der Waals surface area (Å²) in [5.41, 5.74) is 0. The van der Waals surface area contributed by atoms with Gasteiger partial charge in [-0.3, -0.25) is 9.79 Å². The number of carbonyl (C=O) groups excluding carboxylic acids is 1. The lowest BCUT2D eigenvalue weighted by Crippen LogP contribution is -2.36. The van der Waals surface area contributed by atoms with Crippen LogP contribution in [-0.4, -0.2) is 17.6 Å². The lowest BCUT2D eigenvalue weighted by molar-refractivity contribution is -0.122. The highest BCUT2D eigenvalue weighted by Gasteiger charge is 2.33. The SMILES string of the molecule is CC1=C[C@H]2C(=O)NC=N[C@@H]2S1. The third kappa shape index (κ3) is 1.07. The minimum absolute atomic E-state index is 0.0370. The van der Waals surface area contributed by atoms with Crippen LogP contribution in [-0.2, 0) is 4.79 Å². The molecule has 0 spiro atoms. The van der Waals surface area contributed by atoms with E-state index >= 15 is 0 Å². The molecule has 2 rings (SSSR count). The Morgan fingerprint density at radius 3 is 3.27 bits per heavy atom. The molecule has 4 heteroatoms. The van der Waals surface area contributed by atoms with Crippen LogP contribution in [0.4, 0.5) is 0 Å². The van der Waals surface area contributed by atoms with Crippen LogP contribution in [0.1, 0.15) is 6.92 Å². The maximum Gasteiger partial charge on any atom is 0.235 e. The normalized spacial score (nSPS) is 34.6. The summed E-state index contributed by atoms with van der Waals surface area (Å²) < 4.78 is 0. The van der Waals surface area contributed by atoms with Crippen molar-refractivity contribution < 1.29 is 4.79 Å². The van der Waals surface area contributed by atoms with Crippen LogP contribution in [0, 0.1) is 5.92 Å². The first-order chi connectivity index (χ1) is 5.27. The number of nitrogens with zero attached hydrogens (tertiary/aromatic N) is 1. The van der Waals surface area contributed by atoms with E-state index in [2.05, 4.69) is 10.3 Å². The highest BCUT2D eigenvalue weighted by Crippen LogP contribution is 2.37. The fraction of sp³-hybridized carbons (Fsp3) is 0.429. The van der Waals surface area contributed by atoms with Crippen LogP contribution < -0.4 is 5.32 Å². The first-order valence-electron chi connectivity index (χ1n) is 3.44. The zero-order valence-electron chi connectivity index (χ0n) is 6.07. The van der Waals surface area contributed by atoms with Crippen molar-refractivity contribution in [1.82, 2.24) is 5.32 Å². The van der Waals surface area contributed by atoms with Gasteiger partial charge in [0.1, 0.15) is 5.37 Å². The Hall–Kier alpha value is -0.770. The molecule has 0 aliphatic carbocycles. The lowest BCUT2D eigenvalue weighted by Gasteiger charge is -2.16. The Kier molecular flexibility index (Phi) is 1.49. The molecule has 0 aromatic rings. The molecule has 2 atom stereocenters. The quantitative estimate of drug-likeness (QED) is 0.579. The number of carbonyl (C=O) groups is 1. The first-order valence-corrected chi connectivity index (χ1v) is 4.32. The zero-order chi connectivity index (χ0) is 7.84. The van der Waals surface area contributed by atoms with Gasteiger partial charge in [-0.05, 0) is 11.8 Å². The number of aliphatic imine (C=N–C) groups is 1. The Balaban J connectivity index is 2.28. The summed E-state index contributed by atoms with van der Waals surface area (Å²) in [7, 11) is 0. The molecular formula is C7H8N2OS. The molecule has 0 bridgehead atoms. The van der Waals surface area contributed by atoms with Crippen LogP contribution in [0.2, 0.25) is 0 Å². The molecule has 0 saturated heterocycles. The third-order valence-electron chi connectivity index (χ3n) is 1.76. The average Bonchev–Trinajstić information content (AvgIpc) is 2.31. The number of rotatable bonds is 0. The average molecular weight is 168 g/mol. The van der Waals surface area contributed by atoms with Gasteiger partial charge in [0.05, 0.1) is 12.3 Å². The van der Waals surface area contributed by atoms with Crippen molar-refractivity contribution in [3.63, 3.8) is 0 Å². The second-order valence-electron chi connectivity index (χ2n) is 2.60. The van der Waals surface area contributed by atoms with E-state index in [1.807, 2.05) is 13.0 Å². The van der Waals surface area contributed by atoms with Gasteiger partial charge in [0, 0.05) is 0 Å². The Morgan fingerprint density at radius 1 is 1.73 bits per heavy atom. The largest absolute Gasteiger partial charge is 0.317 e. The molecule has 0 aromatic carbocycles. The van der Waals surface area contributed by atoms with Crippen LogP contribution in [0.25, 0.3) is 0 Å². The number of fused-ring (bicyclic) bond motifs is 1. The van der Waals surface area contributed by atoms with E-state index in [0.717, 1.165) is 0 Å². The maximum atomic E-state index is 11.2. The van der Waals surface area contributed by atoms with Crippen molar-refractivity contribution in [3.8, 4) is 0 Å². The molecule has 58 valence electrons. The maximum absolute atomic E-state index is 11.2. The van der Waals surface area contributed by atoms with Crippen LogP contribution in [0.15, 0.2) is 16.0 Å². The Bertz CT molecular complexity index is 259. The number of thioether (sulfide) groups is 1. The van der Waals surface area contributed by atoms with Gasteiger partial charge in [-0.1, -0.05) is 6.08 Å². The smallest absolute Gasteiger partial charge is 0.235 e. The van der Waals surface area contributed by atoms with E-state index in [-0.39, 0.29) is 17.2 Å². The van der Waals surface area contributed by atoms with Gasteiger partial charge in [0.25, 0.3) is 0 Å². The summed E-state index contributed by atoms with van der Waals surface area (Å²) in [5.74, 6) is 0.0272. The third-order valence-corrected chi connectivity index (χ3v) is 2.92. The first kappa shape index (κ1) is 6.91. The monoisotopic (exact) mass is 168 g/mol. The molecule has 3 nitrogen and oxygen atoms in total. The van der Waals surface area contributed by atoms with E-state index in [0.29, 0.717) is 0 Å². The van der Waals surface area contributed by atoms with Crippen molar-refractivity contribution in [3.05, 3.63) is 11.0 Å². The predicted molar refractivity (Wildman–Crippen MR) is 45.3 cm³/mol. The Morgan fingerprint density at radius 2 is 2.55 bits per heavy atom. The second kappa shape index (κ2) is 2.37. The summed E-state index contributed by atoms with van der Waals surface area (Å²) in [5, 5.41) is 2.69. The van der Waals surface area contributed by atoms with Gasteiger partial charge in [-0.25, -0.2) is 0 Å². The fourth-order valence-corrected chi connectivity index (χ4v) is 2.31. The molecule has 0 saturated carbocycles. The number of hydrogen-bond donors (Lipinski definition) is 1. The number of hydrogen-bond acceptors (Lipinski definition) is 3. The molecule has 11 heavy (non-hydrogen) atoms. The zero-order valence-corrected chi connectivity index (χ0v) is 6.89. The van der Waals surface area contributed by atoms with Gasteiger partial charge in [0.2, 0.25) is 5.91 Å². The van der Waals surface area contributed by atoms with Crippen LogP contribution >= 0.6 is 11.8 Å². The van der Waals surface area contributed by atoms with Gasteiger partial charge in [0.15, 0.2) is 0 Å². The van der Waals surface area contributed by atoms with E-state index < -0.39 is 0 Å². The standard InChI is InChI=1S/C7H8N2OS/c1-4-2-5-6(10)8-3-9-7(5)11-4/h2-3,5,7H,1H3,(H,8,9,10)/t5-,7+/m0/s1. The molecule has 0 unspecified atom stereocenters. The highest BCUT2D eigenvalue weighted by atomic mass is 32.2. The van der Waals surface area contributed by atoms with Gasteiger partial charge < -0.3 is 5.32 Å². The molecule has 2 aliphatic heterocycles. The summed E-state index contributed by atoms with van der Waals surface area (Å²) in [6, 6.07) is 0. The topological polar surface area (TPSA) is 41.5 Å². The minimum Gasteiger partial charge on any atom is -0.317 e. The van der Waals surface area contributed by atoms with E-state index in [9.17, 15) is 4.79 Å². The molecule has 0 aromatic heterocycles. The summed E-state index contributed by atoms with van der Waals surface area (Å²) >= 11 is 1.66. The van der Waals surface area contributed by atoms with Crippen molar-refractivity contribution in [2.45, 2.75) is 12.3 Å².